The molecular formula is C17H12N2O4S. The van der Waals surface area contributed by atoms with Gasteiger partial charge in [0.15, 0.2) is 11.4 Å². The first-order valence-electron chi connectivity index (χ1n) is 7.17. The van der Waals surface area contributed by atoms with Gasteiger partial charge in [-0.25, -0.2) is 4.79 Å². The number of aryl methyl sites for hydroxylation is 1. The van der Waals surface area contributed by atoms with Crippen molar-refractivity contribution >= 4 is 38.4 Å². The second-order valence-corrected chi connectivity index (χ2v) is 6.29. The van der Waals surface area contributed by atoms with Gasteiger partial charge >= 0.3 is 5.97 Å². The van der Waals surface area contributed by atoms with Crippen molar-refractivity contribution in [2.24, 2.45) is 0 Å². The number of hydrogen-bond acceptors (Lipinski definition) is 6. The van der Waals surface area contributed by atoms with Crippen molar-refractivity contribution < 1.29 is 14.1 Å². The van der Waals surface area contributed by atoms with E-state index in [4.69, 9.17) is 9.26 Å². The van der Waals surface area contributed by atoms with Crippen molar-refractivity contribution in [3.63, 3.8) is 0 Å². The minimum Gasteiger partial charge on any atom is -0.465 e. The predicted molar refractivity (Wildman–Crippen MR) is 91.1 cm³/mol. The number of pyridine rings is 1. The fraction of sp³-hybridized carbons (Fsp3) is 0.118. The van der Waals surface area contributed by atoms with Gasteiger partial charge in [-0.05, 0) is 30.5 Å². The van der Waals surface area contributed by atoms with E-state index in [1.54, 1.807) is 17.5 Å². The van der Waals surface area contributed by atoms with Gasteiger partial charge in [-0.2, -0.15) is 0 Å². The van der Waals surface area contributed by atoms with Crippen molar-refractivity contribution in [3.8, 4) is 5.82 Å². The Morgan fingerprint density at radius 3 is 2.92 bits per heavy atom. The van der Waals surface area contributed by atoms with Gasteiger partial charge in [-0.3, -0.25) is 9.36 Å². The maximum atomic E-state index is 12.8. The zero-order valence-corrected chi connectivity index (χ0v) is 13.7. The number of rotatable bonds is 2. The summed E-state index contributed by atoms with van der Waals surface area (Å²) in [5.41, 5.74) is 1.67. The van der Waals surface area contributed by atoms with Crippen LogP contribution in [-0.2, 0) is 4.74 Å². The molecule has 0 radical (unpaired) electrons. The molecule has 4 rings (SSSR count). The third kappa shape index (κ3) is 2.05. The summed E-state index contributed by atoms with van der Waals surface area (Å²) >= 11 is 1.33. The number of methoxy groups -OCH3 is 1. The molecule has 0 bridgehead atoms. The number of nitrogens with zero attached hydrogens (tertiary/aromatic N) is 2. The van der Waals surface area contributed by atoms with Crippen LogP contribution in [0.1, 0.15) is 15.9 Å². The number of ether oxygens (including phenoxy) is 1. The summed E-state index contributed by atoms with van der Waals surface area (Å²) < 4.78 is 12.1. The van der Waals surface area contributed by atoms with Gasteiger partial charge in [-0.1, -0.05) is 16.8 Å². The van der Waals surface area contributed by atoms with Crippen LogP contribution in [0.4, 0.5) is 0 Å². The third-order valence-electron chi connectivity index (χ3n) is 3.86. The zero-order chi connectivity index (χ0) is 16.8. The van der Waals surface area contributed by atoms with E-state index in [0.29, 0.717) is 32.4 Å². The van der Waals surface area contributed by atoms with Crippen molar-refractivity contribution in [2.45, 2.75) is 6.92 Å². The molecule has 3 aromatic heterocycles. The molecule has 24 heavy (non-hydrogen) atoms. The van der Waals surface area contributed by atoms with E-state index in [-0.39, 0.29) is 5.56 Å². The van der Waals surface area contributed by atoms with Crippen molar-refractivity contribution in [2.75, 3.05) is 7.11 Å². The van der Waals surface area contributed by atoms with Crippen molar-refractivity contribution in [1.82, 2.24) is 9.72 Å². The van der Waals surface area contributed by atoms with Crippen LogP contribution in [0.5, 0.6) is 0 Å². The third-order valence-corrected chi connectivity index (χ3v) is 4.80. The Morgan fingerprint density at radius 2 is 2.12 bits per heavy atom. The van der Waals surface area contributed by atoms with Crippen LogP contribution in [0.25, 0.3) is 26.9 Å². The summed E-state index contributed by atoms with van der Waals surface area (Å²) in [6, 6.07) is 7.29. The highest BCUT2D eigenvalue weighted by molar-refractivity contribution is 7.17. The molecule has 0 aliphatic carbocycles. The number of esters is 1. The SMILES string of the molecule is COC(=O)c1cn(-c2noc3ccc(C)cc23)c(=O)c2ccsc12. The summed E-state index contributed by atoms with van der Waals surface area (Å²) in [5.74, 6) is -0.142. The van der Waals surface area contributed by atoms with Gasteiger partial charge in [-0.15, -0.1) is 11.3 Å². The lowest BCUT2D eigenvalue weighted by Gasteiger charge is -2.07. The Hall–Kier alpha value is -2.93. The molecule has 0 amide bonds. The number of aromatic nitrogens is 2. The van der Waals surface area contributed by atoms with E-state index >= 15 is 0 Å². The lowest BCUT2D eigenvalue weighted by atomic mass is 10.1. The molecule has 1 aromatic carbocycles. The van der Waals surface area contributed by atoms with Crippen molar-refractivity contribution in [1.29, 1.82) is 0 Å². The van der Waals surface area contributed by atoms with Gasteiger partial charge in [0.2, 0.25) is 0 Å². The minimum atomic E-state index is -0.500. The lowest BCUT2D eigenvalue weighted by Crippen LogP contribution is -2.20. The highest BCUT2D eigenvalue weighted by Gasteiger charge is 2.20. The summed E-state index contributed by atoms with van der Waals surface area (Å²) in [4.78, 5) is 24.9. The second kappa shape index (κ2) is 5.31. The summed E-state index contributed by atoms with van der Waals surface area (Å²) in [6.45, 7) is 1.95. The summed E-state index contributed by atoms with van der Waals surface area (Å²) in [5, 5.41) is 6.96. The molecule has 0 spiro atoms. The molecule has 0 fully saturated rings. The Labute approximate surface area is 139 Å². The fourth-order valence-electron chi connectivity index (χ4n) is 2.69. The van der Waals surface area contributed by atoms with Crippen LogP contribution in [0.2, 0.25) is 0 Å². The van der Waals surface area contributed by atoms with Gasteiger partial charge in [0.25, 0.3) is 5.56 Å². The van der Waals surface area contributed by atoms with Crippen LogP contribution < -0.4 is 5.56 Å². The molecule has 120 valence electrons. The quantitative estimate of drug-likeness (QED) is 0.524. The first-order chi connectivity index (χ1) is 11.6. The molecule has 0 saturated heterocycles. The van der Waals surface area contributed by atoms with Crippen LogP contribution in [0.15, 0.2) is 45.2 Å². The smallest absolute Gasteiger partial charge is 0.340 e. The van der Waals surface area contributed by atoms with E-state index in [1.165, 1.54) is 29.2 Å². The number of fused-ring (bicyclic) bond motifs is 2. The molecule has 0 N–H and O–H groups in total. The molecule has 0 aliphatic heterocycles. The first kappa shape index (κ1) is 14.6. The topological polar surface area (TPSA) is 74.3 Å². The highest BCUT2D eigenvalue weighted by Crippen LogP contribution is 2.26. The lowest BCUT2D eigenvalue weighted by molar-refractivity contribution is 0.0602. The molecule has 7 heteroatoms. The van der Waals surface area contributed by atoms with E-state index in [1.807, 2.05) is 19.1 Å². The zero-order valence-electron chi connectivity index (χ0n) is 12.9. The van der Waals surface area contributed by atoms with Gasteiger partial charge in [0.1, 0.15) is 0 Å². The molecular weight excluding hydrogens is 328 g/mol. The standard InChI is InChI=1S/C17H12N2O4S/c1-9-3-4-13-11(7-9)15(18-23-13)19-8-12(17(21)22-2)14-10(16(19)20)5-6-24-14/h3-8H,1-2H3. The largest absolute Gasteiger partial charge is 0.465 e. The summed E-state index contributed by atoms with van der Waals surface area (Å²) in [6.07, 6.45) is 1.46. The van der Waals surface area contributed by atoms with Crippen LogP contribution >= 0.6 is 11.3 Å². The number of carbonyl (C=O) groups is 1. The molecule has 3 heterocycles. The van der Waals surface area contributed by atoms with E-state index in [0.717, 1.165) is 5.56 Å². The van der Waals surface area contributed by atoms with Gasteiger partial charge in [0.05, 0.1) is 28.1 Å². The Kier molecular flexibility index (Phi) is 3.24. The van der Waals surface area contributed by atoms with Crippen molar-refractivity contribution in [3.05, 3.63) is 57.3 Å². The van der Waals surface area contributed by atoms with E-state index in [9.17, 15) is 9.59 Å². The van der Waals surface area contributed by atoms with Crippen LogP contribution in [0.3, 0.4) is 0 Å². The monoisotopic (exact) mass is 340 g/mol. The highest BCUT2D eigenvalue weighted by atomic mass is 32.1. The minimum absolute atomic E-state index is 0.254. The van der Waals surface area contributed by atoms with E-state index < -0.39 is 5.97 Å². The predicted octanol–water partition coefficient (Wildman–Crippen LogP) is 3.29. The number of hydrogen-bond donors (Lipinski definition) is 0. The maximum Gasteiger partial charge on any atom is 0.340 e. The normalized spacial score (nSPS) is 11.2. The fourth-order valence-corrected chi connectivity index (χ4v) is 3.57. The second-order valence-electron chi connectivity index (χ2n) is 5.38. The van der Waals surface area contributed by atoms with Crippen LogP contribution in [0, 0.1) is 6.92 Å². The Bertz CT molecular complexity index is 1150. The number of carbonyl (C=O) groups excluding carboxylic acids is 1. The van der Waals surface area contributed by atoms with E-state index in [2.05, 4.69) is 5.16 Å². The van der Waals surface area contributed by atoms with Gasteiger partial charge in [0, 0.05) is 6.20 Å². The molecule has 0 saturated carbocycles. The maximum absolute atomic E-state index is 12.8. The van der Waals surface area contributed by atoms with Gasteiger partial charge < -0.3 is 9.26 Å². The number of thiophene rings is 1. The molecule has 6 nitrogen and oxygen atoms in total. The van der Waals surface area contributed by atoms with Crippen LogP contribution in [-0.4, -0.2) is 22.8 Å². The first-order valence-corrected chi connectivity index (χ1v) is 8.05. The average molecular weight is 340 g/mol. The molecule has 0 atom stereocenters. The molecule has 4 aromatic rings. The molecule has 0 aliphatic rings. The summed E-state index contributed by atoms with van der Waals surface area (Å²) in [7, 11) is 1.31. The number of benzene rings is 1. The Balaban J connectivity index is 2.09. The Morgan fingerprint density at radius 1 is 1.29 bits per heavy atom. The average Bonchev–Trinajstić information content (AvgIpc) is 3.22. The molecule has 0 unspecified atom stereocenters.